The van der Waals surface area contributed by atoms with Crippen LogP contribution in [0.5, 0.6) is 0 Å². The van der Waals surface area contributed by atoms with Gasteiger partial charge in [0.25, 0.3) is 0 Å². The molecule has 0 aliphatic heterocycles. The molecule has 0 bridgehead atoms. The second-order valence-corrected chi connectivity index (χ2v) is 6.10. The van der Waals surface area contributed by atoms with Gasteiger partial charge in [-0.2, -0.15) is 0 Å². The summed E-state index contributed by atoms with van der Waals surface area (Å²) in [5.74, 6) is 0.367. The average molecular weight is 305 g/mol. The Hall–Kier alpha value is -1.95. The van der Waals surface area contributed by atoms with E-state index in [0.29, 0.717) is 11.3 Å². The van der Waals surface area contributed by atoms with Crippen LogP contribution in [0.4, 0.5) is 5.82 Å². The molecule has 0 spiro atoms. The van der Waals surface area contributed by atoms with Gasteiger partial charge in [-0.1, -0.05) is 0 Å². The average Bonchev–Trinajstić information content (AvgIpc) is 2.77. The summed E-state index contributed by atoms with van der Waals surface area (Å²) in [5.41, 5.74) is 2.18. The first-order valence-corrected chi connectivity index (χ1v) is 7.50. The molecule has 6 heteroatoms. The van der Waals surface area contributed by atoms with E-state index >= 15 is 0 Å². The third-order valence-corrected chi connectivity index (χ3v) is 4.44. The van der Waals surface area contributed by atoms with Crippen molar-refractivity contribution in [1.82, 2.24) is 9.97 Å². The number of pyridine rings is 1. The highest BCUT2D eigenvalue weighted by atomic mass is 32.1. The number of nitrogens with one attached hydrogen (secondary N) is 1. The monoisotopic (exact) mass is 305 g/mol. The van der Waals surface area contributed by atoms with Crippen LogP contribution in [0.25, 0.3) is 0 Å². The number of hydrogen-bond acceptors (Lipinski definition) is 6. The normalized spacial score (nSPS) is 12.0. The lowest BCUT2D eigenvalue weighted by atomic mass is 10.2. The van der Waals surface area contributed by atoms with Gasteiger partial charge in [0, 0.05) is 4.88 Å². The van der Waals surface area contributed by atoms with Crippen molar-refractivity contribution in [2.24, 2.45) is 0 Å². The summed E-state index contributed by atoms with van der Waals surface area (Å²) < 4.78 is 4.72. The molecule has 0 aromatic carbocycles. The Morgan fingerprint density at radius 1 is 1.24 bits per heavy atom. The zero-order valence-electron chi connectivity index (χ0n) is 12.9. The number of nitrogens with zero attached hydrogens (tertiary/aromatic N) is 2. The molecule has 0 fully saturated rings. The van der Waals surface area contributed by atoms with Crippen LogP contribution in [0, 0.1) is 20.8 Å². The highest BCUT2D eigenvalue weighted by Gasteiger charge is 2.15. The van der Waals surface area contributed by atoms with Crippen molar-refractivity contribution < 1.29 is 9.53 Å². The van der Waals surface area contributed by atoms with Crippen LogP contribution in [0.15, 0.2) is 12.1 Å². The van der Waals surface area contributed by atoms with Crippen molar-refractivity contribution in [2.75, 3.05) is 12.4 Å². The molecule has 0 aliphatic carbocycles. The fourth-order valence-electron chi connectivity index (χ4n) is 2.20. The van der Waals surface area contributed by atoms with Gasteiger partial charge in [-0.25, -0.2) is 14.8 Å². The summed E-state index contributed by atoms with van der Waals surface area (Å²) in [4.78, 5) is 21.6. The fourth-order valence-corrected chi connectivity index (χ4v) is 3.13. The van der Waals surface area contributed by atoms with Crippen molar-refractivity contribution in [1.29, 1.82) is 0 Å². The highest BCUT2D eigenvalue weighted by Crippen LogP contribution is 2.27. The number of carbonyl (C=O) groups excluding carboxylic acids is 1. The minimum Gasteiger partial charge on any atom is -0.465 e. The standard InChI is InChI=1S/C15H19N3O2S/c1-8-12(15(19)20-5)6-7-13(17-8)18-10(3)14-9(2)16-11(4)21-14/h6-7,10H,1-5H3,(H,17,18). The molecule has 112 valence electrons. The summed E-state index contributed by atoms with van der Waals surface area (Å²) >= 11 is 1.68. The number of aromatic nitrogens is 2. The number of carbonyl (C=O) groups is 1. The molecule has 0 aliphatic rings. The Morgan fingerprint density at radius 3 is 2.48 bits per heavy atom. The molecule has 1 N–H and O–H groups in total. The molecule has 2 rings (SSSR count). The van der Waals surface area contributed by atoms with Gasteiger partial charge in [0.1, 0.15) is 5.82 Å². The second-order valence-electron chi connectivity index (χ2n) is 4.87. The molecular formula is C15H19N3O2S. The van der Waals surface area contributed by atoms with E-state index in [1.165, 1.54) is 12.0 Å². The summed E-state index contributed by atoms with van der Waals surface area (Å²) in [6.45, 7) is 7.88. The lowest BCUT2D eigenvalue weighted by molar-refractivity contribution is 0.0599. The molecule has 2 aromatic heterocycles. The zero-order valence-corrected chi connectivity index (χ0v) is 13.7. The molecule has 21 heavy (non-hydrogen) atoms. The van der Waals surface area contributed by atoms with Gasteiger partial charge in [-0.05, 0) is 39.8 Å². The van der Waals surface area contributed by atoms with Gasteiger partial charge < -0.3 is 10.1 Å². The number of rotatable bonds is 4. The van der Waals surface area contributed by atoms with Crippen molar-refractivity contribution in [3.05, 3.63) is 39.0 Å². The molecule has 0 amide bonds. The second kappa shape index (κ2) is 6.22. The molecule has 1 unspecified atom stereocenters. The van der Waals surface area contributed by atoms with Crippen LogP contribution in [-0.4, -0.2) is 23.0 Å². The summed E-state index contributed by atoms with van der Waals surface area (Å²) in [6, 6.07) is 3.64. The number of hydrogen-bond donors (Lipinski definition) is 1. The number of methoxy groups -OCH3 is 1. The van der Waals surface area contributed by atoms with E-state index < -0.39 is 0 Å². The first kappa shape index (κ1) is 15.4. The third-order valence-electron chi connectivity index (χ3n) is 3.19. The van der Waals surface area contributed by atoms with Crippen LogP contribution < -0.4 is 5.32 Å². The summed E-state index contributed by atoms with van der Waals surface area (Å²) in [7, 11) is 1.37. The van der Waals surface area contributed by atoms with Gasteiger partial charge in [-0.15, -0.1) is 11.3 Å². The number of ether oxygens (including phenoxy) is 1. The summed E-state index contributed by atoms with van der Waals surface area (Å²) in [6.07, 6.45) is 0. The third kappa shape index (κ3) is 3.39. The molecule has 0 saturated carbocycles. The number of thiazole rings is 1. The van der Waals surface area contributed by atoms with Crippen molar-refractivity contribution >= 4 is 23.1 Å². The van der Waals surface area contributed by atoms with Crippen molar-refractivity contribution in [2.45, 2.75) is 33.7 Å². The van der Waals surface area contributed by atoms with E-state index in [9.17, 15) is 4.79 Å². The van der Waals surface area contributed by atoms with E-state index in [2.05, 4.69) is 22.2 Å². The van der Waals surface area contributed by atoms with Crippen LogP contribution in [0.3, 0.4) is 0 Å². The fraction of sp³-hybridized carbons (Fsp3) is 0.400. The Morgan fingerprint density at radius 2 is 1.95 bits per heavy atom. The molecule has 1 atom stereocenters. The predicted octanol–water partition coefficient (Wildman–Crippen LogP) is 3.42. The van der Waals surface area contributed by atoms with E-state index in [4.69, 9.17) is 4.74 Å². The zero-order chi connectivity index (χ0) is 15.6. The van der Waals surface area contributed by atoms with Gasteiger partial charge in [-0.3, -0.25) is 0 Å². The van der Waals surface area contributed by atoms with E-state index in [-0.39, 0.29) is 12.0 Å². The quantitative estimate of drug-likeness (QED) is 0.877. The van der Waals surface area contributed by atoms with E-state index in [1.807, 2.05) is 13.8 Å². The molecule has 5 nitrogen and oxygen atoms in total. The van der Waals surface area contributed by atoms with Crippen LogP contribution >= 0.6 is 11.3 Å². The highest BCUT2D eigenvalue weighted by molar-refractivity contribution is 7.11. The Balaban J connectivity index is 2.18. The molecule has 0 saturated heterocycles. The molecule has 2 aromatic rings. The molecule has 2 heterocycles. The number of esters is 1. The first-order chi connectivity index (χ1) is 9.92. The van der Waals surface area contributed by atoms with Gasteiger partial charge >= 0.3 is 5.97 Å². The maximum atomic E-state index is 11.5. The number of anilines is 1. The predicted molar refractivity (Wildman–Crippen MR) is 83.9 cm³/mol. The lowest BCUT2D eigenvalue weighted by Gasteiger charge is -2.14. The Labute approximate surface area is 128 Å². The Kier molecular flexibility index (Phi) is 4.57. The smallest absolute Gasteiger partial charge is 0.339 e. The van der Waals surface area contributed by atoms with Crippen LogP contribution in [-0.2, 0) is 4.74 Å². The maximum absolute atomic E-state index is 11.5. The van der Waals surface area contributed by atoms with Gasteiger partial charge in [0.15, 0.2) is 0 Å². The van der Waals surface area contributed by atoms with Crippen molar-refractivity contribution in [3.63, 3.8) is 0 Å². The Bertz CT molecular complexity index is 667. The minimum atomic E-state index is -0.367. The largest absolute Gasteiger partial charge is 0.465 e. The van der Waals surface area contributed by atoms with E-state index in [1.54, 1.807) is 30.4 Å². The van der Waals surface area contributed by atoms with Crippen LogP contribution in [0.1, 0.15) is 44.6 Å². The topological polar surface area (TPSA) is 64.1 Å². The number of aryl methyl sites for hydroxylation is 3. The SMILES string of the molecule is COC(=O)c1ccc(NC(C)c2sc(C)nc2C)nc1C. The van der Waals surface area contributed by atoms with Gasteiger partial charge in [0.05, 0.1) is 35.1 Å². The first-order valence-electron chi connectivity index (χ1n) is 6.68. The molecule has 0 radical (unpaired) electrons. The molecular weight excluding hydrogens is 286 g/mol. The summed E-state index contributed by atoms with van der Waals surface area (Å²) in [5, 5.41) is 4.40. The minimum absolute atomic E-state index is 0.118. The van der Waals surface area contributed by atoms with Crippen LogP contribution in [0.2, 0.25) is 0 Å². The lowest BCUT2D eigenvalue weighted by Crippen LogP contribution is -2.10. The van der Waals surface area contributed by atoms with Gasteiger partial charge in [0.2, 0.25) is 0 Å². The maximum Gasteiger partial charge on any atom is 0.339 e. The van der Waals surface area contributed by atoms with E-state index in [0.717, 1.165) is 16.5 Å². The van der Waals surface area contributed by atoms with Crippen molar-refractivity contribution in [3.8, 4) is 0 Å².